The van der Waals surface area contributed by atoms with Crippen LogP contribution in [0.25, 0.3) is 6.08 Å². The molecule has 1 N–H and O–H groups in total. The molecular weight excluding hydrogens is 374 g/mol. The number of nitrogens with one attached hydrogen (secondary N) is 1. The lowest BCUT2D eigenvalue weighted by atomic mass is 10.1. The Morgan fingerprint density at radius 2 is 2.07 bits per heavy atom. The highest BCUT2D eigenvalue weighted by atomic mass is 16.6. The van der Waals surface area contributed by atoms with Gasteiger partial charge >= 0.3 is 0 Å². The molecule has 0 aliphatic heterocycles. The molecule has 2 rings (SSSR count). The number of nitriles is 1. The second-order valence-corrected chi connectivity index (χ2v) is 5.67. The van der Waals surface area contributed by atoms with Gasteiger partial charge in [-0.15, -0.1) is 0 Å². The molecule has 0 saturated carbocycles. The van der Waals surface area contributed by atoms with Crippen LogP contribution < -0.4 is 14.8 Å². The largest absolute Gasteiger partial charge is 0.490 e. The standard InChI is InChI=1S/C21H19N3O5/c1-3-10-29-19-9-8-15(12-20(19)28-4-2)11-16(14-22)21(25)23-17-6-5-7-18(13-17)24(26)27/h3,5-9,11-13H,1,4,10H2,2H3,(H,23,25). The summed E-state index contributed by atoms with van der Waals surface area (Å²) in [5.41, 5.74) is 0.444. The minimum Gasteiger partial charge on any atom is -0.490 e. The molecule has 0 unspecified atom stereocenters. The van der Waals surface area contributed by atoms with Gasteiger partial charge in [0.2, 0.25) is 0 Å². The number of non-ortho nitro benzene ring substituents is 1. The maximum atomic E-state index is 12.4. The second kappa shape index (κ2) is 10.3. The number of hydrogen-bond donors (Lipinski definition) is 1. The number of hydrogen-bond acceptors (Lipinski definition) is 6. The highest BCUT2D eigenvalue weighted by molar-refractivity contribution is 6.09. The smallest absolute Gasteiger partial charge is 0.271 e. The van der Waals surface area contributed by atoms with Gasteiger partial charge in [0.1, 0.15) is 18.2 Å². The van der Waals surface area contributed by atoms with Gasteiger partial charge < -0.3 is 14.8 Å². The van der Waals surface area contributed by atoms with Gasteiger partial charge in [-0.05, 0) is 36.8 Å². The minimum absolute atomic E-state index is 0.165. The van der Waals surface area contributed by atoms with Gasteiger partial charge in [-0.25, -0.2) is 0 Å². The SMILES string of the molecule is C=CCOc1ccc(C=C(C#N)C(=O)Nc2cccc([N+](=O)[O-])c2)cc1OCC. The molecule has 2 aromatic rings. The van der Waals surface area contributed by atoms with E-state index in [0.29, 0.717) is 30.3 Å². The molecule has 0 atom stereocenters. The fourth-order valence-corrected chi connectivity index (χ4v) is 2.36. The lowest BCUT2D eigenvalue weighted by molar-refractivity contribution is -0.384. The molecule has 2 aromatic carbocycles. The van der Waals surface area contributed by atoms with Crippen molar-refractivity contribution in [2.24, 2.45) is 0 Å². The van der Waals surface area contributed by atoms with E-state index in [1.165, 1.54) is 30.3 Å². The number of carbonyl (C=O) groups excluding carboxylic acids is 1. The van der Waals surface area contributed by atoms with E-state index in [1.54, 1.807) is 24.3 Å². The molecule has 1 amide bonds. The number of nitro benzene ring substituents is 1. The summed E-state index contributed by atoms with van der Waals surface area (Å²) in [5, 5.41) is 22.7. The summed E-state index contributed by atoms with van der Waals surface area (Å²) in [5.74, 6) is 0.306. The van der Waals surface area contributed by atoms with E-state index in [9.17, 15) is 20.2 Å². The molecule has 8 nitrogen and oxygen atoms in total. The van der Waals surface area contributed by atoms with Gasteiger partial charge in [0.15, 0.2) is 11.5 Å². The number of carbonyl (C=O) groups is 1. The van der Waals surface area contributed by atoms with Gasteiger partial charge in [0.05, 0.1) is 11.5 Å². The first kappa shape index (κ1) is 21.2. The van der Waals surface area contributed by atoms with Gasteiger partial charge in [-0.1, -0.05) is 24.8 Å². The predicted molar refractivity (Wildman–Crippen MR) is 109 cm³/mol. The zero-order valence-corrected chi connectivity index (χ0v) is 15.8. The summed E-state index contributed by atoms with van der Waals surface area (Å²) in [6.07, 6.45) is 3.00. The van der Waals surface area contributed by atoms with Crippen LogP contribution in [0.4, 0.5) is 11.4 Å². The van der Waals surface area contributed by atoms with E-state index < -0.39 is 10.8 Å². The first-order valence-corrected chi connectivity index (χ1v) is 8.66. The van der Waals surface area contributed by atoms with E-state index in [0.717, 1.165) is 0 Å². The highest BCUT2D eigenvalue weighted by Crippen LogP contribution is 2.29. The van der Waals surface area contributed by atoms with Crippen molar-refractivity contribution in [3.63, 3.8) is 0 Å². The summed E-state index contributed by atoms with van der Waals surface area (Å²) in [7, 11) is 0. The van der Waals surface area contributed by atoms with Crippen LogP contribution in [0, 0.1) is 21.4 Å². The van der Waals surface area contributed by atoms with Gasteiger partial charge in [0.25, 0.3) is 11.6 Å². The van der Waals surface area contributed by atoms with Gasteiger partial charge in [0, 0.05) is 17.8 Å². The first-order valence-electron chi connectivity index (χ1n) is 8.66. The molecule has 0 fully saturated rings. The zero-order valence-electron chi connectivity index (χ0n) is 15.8. The maximum Gasteiger partial charge on any atom is 0.271 e. The fraction of sp³-hybridized carbons (Fsp3) is 0.143. The van der Waals surface area contributed by atoms with Gasteiger partial charge in [-0.3, -0.25) is 14.9 Å². The van der Waals surface area contributed by atoms with Crippen LogP contribution >= 0.6 is 0 Å². The number of nitrogens with zero attached hydrogens (tertiary/aromatic N) is 2. The molecule has 0 aliphatic carbocycles. The normalized spacial score (nSPS) is 10.6. The maximum absolute atomic E-state index is 12.4. The van der Waals surface area contributed by atoms with Crippen LogP contribution in [0.15, 0.2) is 60.7 Å². The number of ether oxygens (including phenoxy) is 2. The molecule has 0 heterocycles. The van der Waals surface area contributed by atoms with E-state index in [1.807, 2.05) is 13.0 Å². The Morgan fingerprint density at radius 3 is 2.72 bits per heavy atom. The van der Waals surface area contributed by atoms with Crippen molar-refractivity contribution in [3.8, 4) is 17.6 Å². The van der Waals surface area contributed by atoms with Crippen LogP contribution in [0.1, 0.15) is 12.5 Å². The molecule has 148 valence electrons. The molecule has 0 bridgehead atoms. The molecule has 0 aliphatic rings. The Morgan fingerprint density at radius 1 is 1.28 bits per heavy atom. The molecule has 29 heavy (non-hydrogen) atoms. The topological polar surface area (TPSA) is 114 Å². The lowest BCUT2D eigenvalue weighted by Gasteiger charge is -2.11. The van der Waals surface area contributed by atoms with Gasteiger partial charge in [-0.2, -0.15) is 5.26 Å². The lowest BCUT2D eigenvalue weighted by Crippen LogP contribution is -2.13. The Bertz CT molecular complexity index is 992. The van der Waals surface area contributed by atoms with Crippen LogP contribution in [0.5, 0.6) is 11.5 Å². The molecule has 0 spiro atoms. The summed E-state index contributed by atoms with van der Waals surface area (Å²) in [6.45, 7) is 6.14. The highest BCUT2D eigenvalue weighted by Gasteiger charge is 2.13. The van der Waals surface area contributed by atoms with Crippen LogP contribution in [-0.4, -0.2) is 24.0 Å². The molecule has 0 radical (unpaired) electrons. The minimum atomic E-state index is -0.682. The predicted octanol–water partition coefficient (Wildman–Crippen LogP) is 4.10. The number of benzene rings is 2. The van der Waals surface area contributed by atoms with Crippen LogP contribution in [-0.2, 0) is 4.79 Å². The number of nitro groups is 1. The third kappa shape index (κ3) is 5.94. The zero-order chi connectivity index (χ0) is 21.2. The summed E-state index contributed by atoms with van der Waals surface area (Å²) in [6, 6.07) is 12.3. The van der Waals surface area contributed by atoms with Crippen molar-refractivity contribution in [1.29, 1.82) is 5.26 Å². The fourth-order valence-electron chi connectivity index (χ4n) is 2.36. The number of rotatable bonds is 9. The van der Waals surface area contributed by atoms with Crippen LogP contribution in [0.3, 0.4) is 0 Å². The average molecular weight is 393 g/mol. The van der Waals surface area contributed by atoms with Crippen molar-refractivity contribution in [2.75, 3.05) is 18.5 Å². The van der Waals surface area contributed by atoms with Crippen molar-refractivity contribution in [3.05, 3.63) is 76.4 Å². The monoisotopic (exact) mass is 393 g/mol. The molecule has 0 aromatic heterocycles. The number of amides is 1. The molecule has 8 heteroatoms. The third-order valence-electron chi connectivity index (χ3n) is 3.62. The van der Waals surface area contributed by atoms with Crippen molar-refractivity contribution < 1.29 is 19.2 Å². The van der Waals surface area contributed by atoms with E-state index in [2.05, 4.69) is 11.9 Å². The van der Waals surface area contributed by atoms with Crippen molar-refractivity contribution in [2.45, 2.75) is 6.92 Å². The summed E-state index contributed by atoms with van der Waals surface area (Å²) in [4.78, 5) is 22.7. The quantitative estimate of drug-likeness (QED) is 0.225. The van der Waals surface area contributed by atoms with Crippen molar-refractivity contribution in [1.82, 2.24) is 0 Å². The Hall–Kier alpha value is -4.12. The van der Waals surface area contributed by atoms with E-state index in [-0.39, 0.29) is 16.9 Å². The average Bonchev–Trinajstić information content (AvgIpc) is 2.71. The Kier molecular flexibility index (Phi) is 7.51. The first-order chi connectivity index (χ1) is 14.0. The van der Waals surface area contributed by atoms with Crippen molar-refractivity contribution >= 4 is 23.4 Å². The molecular formula is C21H19N3O5. The third-order valence-corrected chi connectivity index (χ3v) is 3.62. The summed E-state index contributed by atoms with van der Waals surface area (Å²) < 4.78 is 11.1. The van der Waals surface area contributed by atoms with E-state index >= 15 is 0 Å². The van der Waals surface area contributed by atoms with E-state index in [4.69, 9.17) is 9.47 Å². The summed E-state index contributed by atoms with van der Waals surface area (Å²) >= 11 is 0. The Labute approximate surface area is 167 Å². The number of anilines is 1. The Balaban J connectivity index is 2.26. The molecule has 0 saturated heterocycles. The second-order valence-electron chi connectivity index (χ2n) is 5.67. The van der Waals surface area contributed by atoms with Crippen LogP contribution in [0.2, 0.25) is 0 Å².